The van der Waals surface area contributed by atoms with Crippen LogP contribution in [0.15, 0.2) is 18.3 Å². The summed E-state index contributed by atoms with van der Waals surface area (Å²) in [7, 11) is 0. The molecule has 12 heteroatoms. The third-order valence-electron chi connectivity index (χ3n) is 5.77. The van der Waals surface area contributed by atoms with Gasteiger partial charge in [0.05, 0.1) is 5.69 Å². The minimum absolute atomic E-state index is 0.0362. The van der Waals surface area contributed by atoms with Crippen LogP contribution >= 0.6 is 0 Å². The van der Waals surface area contributed by atoms with E-state index in [9.17, 15) is 31.5 Å². The summed E-state index contributed by atoms with van der Waals surface area (Å²) in [4.78, 5) is 28.0. The van der Waals surface area contributed by atoms with E-state index in [0.717, 1.165) is 10.7 Å². The Bertz CT molecular complexity index is 1040. The number of alkyl halides is 5. The molecule has 2 amide bonds. The lowest BCUT2D eigenvalue weighted by atomic mass is 9.75. The zero-order chi connectivity index (χ0) is 23.2. The van der Waals surface area contributed by atoms with Crippen molar-refractivity contribution in [3.8, 4) is 0 Å². The van der Waals surface area contributed by atoms with Crippen molar-refractivity contribution < 1.29 is 31.5 Å². The average Bonchev–Trinajstić information content (AvgIpc) is 3.43. The highest BCUT2D eigenvalue weighted by Gasteiger charge is 2.46. The Morgan fingerprint density at radius 3 is 2.50 bits per heavy atom. The van der Waals surface area contributed by atoms with Gasteiger partial charge in [0, 0.05) is 30.3 Å². The second-order valence-corrected chi connectivity index (χ2v) is 8.24. The number of aromatic nitrogens is 3. The minimum Gasteiger partial charge on any atom is -0.364 e. The summed E-state index contributed by atoms with van der Waals surface area (Å²) in [6.07, 6.45) is -4.74. The molecular weight excluding hydrogens is 437 g/mol. The molecule has 0 aliphatic heterocycles. The fraction of sp³-hybridized carbons (Fsp3) is 0.500. The van der Waals surface area contributed by atoms with Crippen molar-refractivity contribution in [1.82, 2.24) is 14.8 Å². The standard InChI is InChI=1S/C20H20F5N5O2/c21-17(22)11-5-9(6-11)8-30-16(14(20(23,24)25)15(29-30)10-1-2-10)19(32)28-12-3-4-27-13(7-12)18(26)31/h3-4,7,9-11,17H,1-2,5-6,8H2,(H2,26,31)(H,27,28,32). The molecule has 2 aromatic rings. The lowest BCUT2D eigenvalue weighted by molar-refractivity contribution is -0.138. The number of pyridine rings is 1. The molecule has 0 saturated heterocycles. The molecule has 7 nitrogen and oxygen atoms in total. The van der Waals surface area contributed by atoms with Gasteiger partial charge in [-0.2, -0.15) is 18.3 Å². The number of halogens is 5. The molecule has 2 heterocycles. The molecule has 0 radical (unpaired) electrons. The van der Waals surface area contributed by atoms with Gasteiger partial charge in [-0.05, 0) is 43.7 Å². The maximum Gasteiger partial charge on any atom is 0.420 e. The molecule has 172 valence electrons. The summed E-state index contributed by atoms with van der Waals surface area (Å²) in [5, 5.41) is 6.45. The van der Waals surface area contributed by atoms with Crippen LogP contribution in [0.3, 0.4) is 0 Å². The molecule has 0 spiro atoms. The third-order valence-corrected chi connectivity index (χ3v) is 5.77. The number of hydrogen-bond donors (Lipinski definition) is 2. The van der Waals surface area contributed by atoms with Crippen molar-refractivity contribution in [3.05, 3.63) is 41.0 Å². The fourth-order valence-electron chi connectivity index (χ4n) is 3.99. The Balaban J connectivity index is 1.67. The molecule has 2 fully saturated rings. The quantitative estimate of drug-likeness (QED) is 0.617. The summed E-state index contributed by atoms with van der Waals surface area (Å²) in [5.74, 6) is -3.41. The second kappa shape index (κ2) is 8.14. The highest BCUT2D eigenvalue weighted by molar-refractivity contribution is 6.05. The number of nitrogens with two attached hydrogens (primary N) is 1. The van der Waals surface area contributed by atoms with Crippen molar-refractivity contribution in [1.29, 1.82) is 0 Å². The Labute approximate surface area is 179 Å². The average molecular weight is 457 g/mol. The molecule has 2 aromatic heterocycles. The lowest BCUT2D eigenvalue weighted by Gasteiger charge is -2.34. The molecule has 0 atom stereocenters. The van der Waals surface area contributed by atoms with Crippen LogP contribution in [0.5, 0.6) is 0 Å². The van der Waals surface area contributed by atoms with Gasteiger partial charge in [-0.3, -0.25) is 19.3 Å². The maximum absolute atomic E-state index is 14.0. The van der Waals surface area contributed by atoms with Crippen molar-refractivity contribution in [3.63, 3.8) is 0 Å². The summed E-state index contributed by atoms with van der Waals surface area (Å²) < 4.78 is 68.5. The molecule has 0 unspecified atom stereocenters. The number of carbonyl (C=O) groups is 2. The first-order valence-corrected chi connectivity index (χ1v) is 10.1. The van der Waals surface area contributed by atoms with Crippen molar-refractivity contribution in [2.75, 3.05) is 5.32 Å². The van der Waals surface area contributed by atoms with E-state index in [0.29, 0.717) is 12.8 Å². The van der Waals surface area contributed by atoms with Gasteiger partial charge in [0.25, 0.3) is 11.8 Å². The number of anilines is 1. The SMILES string of the molecule is NC(=O)c1cc(NC(=O)c2c(C(F)(F)F)c(C3CC3)nn2CC2CC(C(F)F)C2)ccn1. The first-order chi connectivity index (χ1) is 15.0. The largest absolute Gasteiger partial charge is 0.420 e. The molecule has 0 bridgehead atoms. The minimum atomic E-state index is -4.83. The number of hydrogen-bond acceptors (Lipinski definition) is 4. The maximum atomic E-state index is 14.0. The van der Waals surface area contributed by atoms with Gasteiger partial charge >= 0.3 is 6.18 Å². The van der Waals surface area contributed by atoms with E-state index in [1.807, 2.05) is 0 Å². The van der Waals surface area contributed by atoms with Gasteiger partial charge in [-0.1, -0.05) is 0 Å². The van der Waals surface area contributed by atoms with Gasteiger partial charge in [0.1, 0.15) is 17.0 Å². The number of carbonyl (C=O) groups excluding carboxylic acids is 2. The zero-order valence-corrected chi connectivity index (χ0v) is 16.7. The summed E-state index contributed by atoms with van der Waals surface area (Å²) in [6.45, 7) is -0.0648. The van der Waals surface area contributed by atoms with E-state index < -0.39 is 47.5 Å². The van der Waals surface area contributed by atoms with Crippen LogP contribution in [0, 0.1) is 11.8 Å². The van der Waals surface area contributed by atoms with E-state index >= 15 is 0 Å². The molecule has 2 aliphatic carbocycles. The van der Waals surface area contributed by atoms with Gasteiger partial charge in [0.2, 0.25) is 6.43 Å². The summed E-state index contributed by atoms with van der Waals surface area (Å²) >= 11 is 0. The Kier molecular flexibility index (Phi) is 5.63. The fourth-order valence-corrected chi connectivity index (χ4v) is 3.99. The zero-order valence-electron chi connectivity index (χ0n) is 16.7. The van der Waals surface area contributed by atoms with Crippen LogP contribution in [0.4, 0.5) is 27.6 Å². The third kappa shape index (κ3) is 4.44. The Hall–Kier alpha value is -3.05. The van der Waals surface area contributed by atoms with E-state index in [2.05, 4.69) is 15.4 Å². The monoisotopic (exact) mass is 457 g/mol. The predicted octanol–water partition coefficient (Wildman–Crippen LogP) is 3.82. The molecule has 4 rings (SSSR count). The van der Waals surface area contributed by atoms with Crippen LogP contribution < -0.4 is 11.1 Å². The molecule has 3 N–H and O–H groups in total. The smallest absolute Gasteiger partial charge is 0.364 e. The van der Waals surface area contributed by atoms with Crippen LogP contribution in [0.25, 0.3) is 0 Å². The van der Waals surface area contributed by atoms with Gasteiger partial charge < -0.3 is 11.1 Å². The van der Waals surface area contributed by atoms with E-state index in [-0.39, 0.29) is 42.4 Å². The number of nitrogens with zero attached hydrogens (tertiary/aromatic N) is 3. The molecule has 2 aliphatic rings. The van der Waals surface area contributed by atoms with E-state index in [1.165, 1.54) is 12.3 Å². The first-order valence-electron chi connectivity index (χ1n) is 10.1. The number of rotatable bonds is 7. The van der Waals surface area contributed by atoms with Crippen molar-refractivity contribution in [2.45, 2.75) is 50.7 Å². The van der Waals surface area contributed by atoms with Gasteiger partial charge in [-0.25, -0.2) is 8.78 Å². The topological polar surface area (TPSA) is 103 Å². The van der Waals surface area contributed by atoms with Crippen molar-refractivity contribution >= 4 is 17.5 Å². The van der Waals surface area contributed by atoms with Crippen LogP contribution in [-0.2, 0) is 12.7 Å². The molecule has 32 heavy (non-hydrogen) atoms. The van der Waals surface area contributed by atoms with Gasteiger partial charge in [0.15, 0.2) is 0 Å². The molecule has 0 aromatic carbocycles. The Morgan fingerprint density at radius 2 is 1.94 bits per heavy atom. The summed E-state index contributed by atoms with van der Waals surface area (Å²) in [6, 6.07) is 2.45. The summed E-state index contributed by atoms with van der Waals surface area (Å²) in [5.41, 5.74) is 3.05. The normalized spacial score (nSPS) is 20.8. The molecule has 2 saturated carbocycles. The van der Waals surface area contributed by atoms with Crippen LogP contribution in [0.1, 0.15) is 63.8 Å². The molecular formula is C20H20F5N5O2. The lowest BCUT2D eigenvalue weighted by Crippen LogP contribution is -2.33. The number of nitrogens with one attached hydrogen (secondary N) is 1. The van der Waals surface area contributed by atoms with E-state index in [1.54, 1.807) is 0 Å². The number of primary amides is 1. The highest BCUT2D eigenvalue weighted by Crippen LogP contribution is 2.47. The van der Waals surface area contributed by atoms with Crippen molar-refractivity contribution in [2.24, 2.45) is 17.6 Å². The first kappa shape index (κ1) is 22.2. The van der Waals surface area contributed by atoms with Crippen LogP contribution in [0.2, 0.25) is 0 Å². The highest BCUT2D eigenvalue weighted by atomic mass is 19.4. The van der Waals surface area contributed by atoms with Crippen LogP contribution in [-0.4, -0.2) is 33.0 Å². The van der Waals surface area contributed by atoms with E-state index in [4.69, 9.17) is 5.73 Å². The Morgan fingerprint density at radius 1 is 1.25 bits per heavy atom. The number of amides is 2. The second-order valence-electron chi connectivity index (χ2n) is 8.24. The van der Waals surface area contributed by atoms with Gasteiger partial charge in [-0.15, -0.1) is 0 Å². The predicted molar refractivity (Wildman–Crippen MR) is 102 cm³/mol.